The van der Waals surface area contributed by atoms with Gasteiger partial charge in [-0.05, 0) is 0 Å². The van der Waals surface area contributed by atoms with Crippen LogP contribution in [-0.2, 0) is 0 Å². The second-order valence-electron chi connectivity index (χ2n) is 2.94. The fourth-order valence-electron chi connectivity index (χ4n) is 0.833. The maximum absolute atomic E-state index is 3.29. The number of rotatable bonds is 6. The van der Waals surface area contributed by atoms with Gasteiger partial charge in [0.25, 0.3) is 0 Å². The third kappa shape index (κ3) is 10.1. The zero-order chi connectivity index (χ0) is 9.07. The van der Waals surface area contributed by atoms with E-state index in [1.165, 1.54) is 37.4 Å². The Hall–Kier alpha value is 0.0795. The fourth-order valence-corrected chi connectivity index (χ4v) is 2.38. The predicted octanol–water partition coefficient (Wildman–Crippen LogP) is 3.45. The molecule has 0 radical (unpaired) electrons. The third-order valence-corrected chi connectivity index (χ3v) is 3.29. The number of unbranched alkanes of at least 4 members (excludes halogenated alkanes) is 4. The zero-order valence-electron chi connectivity index (χ0n) is 8.36. The summed E-state index contributed by atoms with van der Waals surface area (Å²) in [5.41, 5.74) is 0. The molecule has 0 spiro atoms. The molecular formula is C11H20Se. The van der Waals surface area contributed by atoms with Gasteiger partial charge in [-0.25, -0.2) is 0 Å². The van der Waals surface area contributed by atoms with Gasteiger partial charge in [0, 0.05) is 0 Å². The minimum absolute atomic E-state index is 0.613. The van der Waals surface area contributed by atoms with Gasteiger partial charge < -0.3 is 0 Å². The van der Waals surface area contributed by atoms with Crippen LogP contribution in [0.4, 0.5) is 0 Å². The third-order valence-electron chi connectivity index (χ3n) is 1.65. The van der Waals surface area contributed by atoms with Crippen LogP contribution < -0.4 is 0 Å². The Morgan fingerprint density at radius 1 is 1.00 bits per heavy atom. The van der Waals surface area contributed by atoms with E-state index in [0.717, 1.165) is 6.42 Å². The Morgan fingerprint density at radius 3 is 2.42 bits per heavy atom. The summed E-state index contributed by atoms with van der Waals surface area (Å²) in [5.74, 6) is 3.26. The summed E-state index contributed by atoms with van der Waals surface area (Å²) in [5, 5.41) is 1.35. The monoisotopic (exact) mass is 232 g/mol. The minimum atomic E-state index is 0.613. The van der Waals surface area contributed by atoms with E-state index in [1.54, 1.807) is 0 Å². The molecule has 70 valence electrons. The van der Waals surface area contributed by atoms with Crippen LogP contribution in [-0.4, -0.2) is 15.0 Å². The molecule has 0 aromatic rings. The molecule has 0 saturated carbocycles. The molecule has 0 nitrogen and oxygen atoms in total. The van der Waals surface area contributed by atoms with Crippen molar-refractivity contribution < 1.29 is 0 Å². The van der Waals surface area contributed by atoms with Crippen LogP contribution in [0.2, 0.25) is 5.32 Å². The molecule has 0 amide bonds. The zero-order valence-corrected chi connectivity index (χ0v) is 10.1. The van der Waals surface area contributed by atoms with Crippen molar-refractivity contribution in [2.75, 3.05) is 0 Å². The molecule has 0 bridgehead atoms. The van der Waals surface area contributed by atoms with Crippen LogP contribution in [0.3, 0.4) is 0 Å². The average Bonchev–Trinajstić information content (AvgIpc) is 2.10. The molecule has 12 heavy (non-hydrogen) atoms. The summed E-state index contributed by atoms with van der Waals surface area (Å²) in [6.45, 7) is 4.48. The molecule has 0 aliphatic rings. The topological polar surface area (TPSA) is 0 Å². The molecule has 0 aliphatic heterocycles. The second kappa shape index (κ2) is 11.1. The molecule has 0 fully saturated rings. The van der Waals surface area contributed by atoms with Crippen molar-refractivity contribution in [3.05, 3.63) is 0 Å². The molecular weight excluding hydrogens is 211 g/mol. The van der Waals surface area contributed by atoms with Gasteiger partial charge in [-0.1, -0.05) is 0 Å². The molecule has 1 heteroatoms. The van der Waals surface area contributed by atoms with Crippen LogP contribution >= 0.6 is 0 Å². The first kappa shape index (κ1) is 12.1. The first-order chi connectivity index (χ1) is 5.91. The van der Waals surface area contributed by atoms with Crippen molar-refractivity contribution >= 4 is 15.0 Å². The molecule has 0 rings (SSSR count). The van der Waals surface area contributed by atoms with Crippen LogP contribution in [0, 0.1) is 10.7 Å². The summed E-state index contributed by atoms with van der Waals surface area (Å²) in [7, 11) is 0. The summed E-state index contributed by atoms with van der Waals surface area (Å²) in [6, 6.07) is 0. The normalized spacial score (nSPS) is 9.17. The van der Waals surface area contributed by atoms with Crippen LogP contribution in [0.1, 0.15) is 52.4 Å². The molecule has 0 atom stereocenters. The van der Waals surface area contributed by atoms with E-state index in [0.29, 0.717) is 15.0 Å². The van der Waals surface area contributed by atoms with Crippen LogP contribution in [0.25, 0.3) is 0 Å². The standard InChI is InChI=1S/C11H20Se/c1-3-5-7-8-9-11-12-10-6-4-2/h3-8,10H2,1-2H3. The Bertz CT molecular complexity index is 116. The number of hydrogen-bond acceptors (Lipinski definition) is 0. The van der Waals surface area contributed by atoms with Gasteiger partial charge in [-0.15, -0.1) is 0 Å². The molecule has 0 unspecified atom stereocenters. The van der Waals surface area contributed by atoms with Crippen LogP contribution in [0.5, 0.6) is 0 Å². The van der Waals surface area contributed by atoms with Crippen molar-refractivity contribution in [3.63, 3.8) is 0 Å². The second-order valence-corrected chi connectivity index (χ2v) is 4.83. The van der Waals surface area contributed by atoms with E-state index < -0.39 is 0 Å². The number of hydrogen-bond donors (Lipinski definition) is 0. The molecule has 0 heterocycles. The van der Waals surface area contributed by atoms with E-state index in [2.05, 4.69) is 24.6 Å². The van der Waals surface area contributed by atoms with Crippen molar-refractivity contribution in [1.82, 2.24) is 0 Å². The Balaban J connectivity index is 3.01. The van der Waals surface area contributed by atoms with E-state index in [-0.39, 0.29) is 0 Å². The molecule has 0 aromatic carbocycles. The predicted molar refractivity (Wildman–Crippen MR) is 57.4 cm³/mol. The fraction of sp³-hybridized carbons (Fsp3) is 0.818. The Morgan fingerprint density at radius 2 is 1.75 bits per heavy atom. The van der Waals surface area contributed by atoms with Crippen molar-refractivity contribution in [1.29, 1.82) is 0 Å². The van der Waals surface area contributed by atoms with Gasteiger partial charge in [0.2, 0.25) is 0 Å². The maximum atomic E-state index is 3.29. The SMILES string of the molecule is CCCCCC#C[Se]CCCC. The van der Waals surface area contributed by atoms with Gasteiger partial charge in [0.1, 0.15) is 0 Å². The van der Waals surface area contributed by atoms with Crippen molar-refractivity contribution in [2.45, 2.75) is 57.7 Å². The first-order valence-electron chi connectivity index (χ1n) is 5.01. The van der Waals surface area contributed by atoms with E-state index in [4.69, 9.17) is 0 Å². The molecule has 0 aromatic heterocycles. The van der Waals surface area contributed by atoms with Crippen molar-refractivity contribution in [3.8, 4) is 10.7 Å². The van der Waals surface area contributed by atoms with Gasteiger partial charge >= 0.3 is 83.4 Å². The summed E-state index contributed by atoms with van der Waals surface area (Å²) < 4.78 is 0. The first-order valence-corrected chi connectivity index (χ1v) is 7.08. The van der Waals surface area contributed by atoms with Gasteiger partial charge in [-0.2, -0.15) is 0 Å². The molecule has 0 aliphatic carbocycles. The molecule has 0 saturated heterocycles. The average molecular weight is 231 g/mol. The van der Waals surface area contributed by atoms with Crippen LogP contribution in [0.15, 0.2) is 0 Å². The van der Waals surface area contributed by atoms with E-state index in [1.807, 2.05) is 0 Å². The Labute approximate surface area is 83.7 Å². The summed E-state index contributed by atoms with van der Waals surface area (Å²) in [4.78, 5) is 3.29. The molecule has 0 N–H and O–H groups in total. The Kier molecular flexibility index (Phi) is 11.2. The van der Waals surface area contributed by atoms with Gasteiger partial charge in [-0.3, -0.25) is 0 Å². The summed E-state index contributed by atoms with van der Waals surface area (Å²) in [6.07, 6.45) is 7.76. The van der Waals surface area contributed by atoms with Gasteiger partial charge in [0.15, 0.2) is 0 Å². The quantitative estimate of drug-likeness (QED) is 0.373. The van der Waals surface area contributed by atoms with E-state index >= 15 is 0 Å². The van der Waals surface area contributed by atoms with E-state index in [9.17, 15) is 0 Å². The summed E-state index contributed by atoms with van der Waals surface area (Å²) >= 11 is 0.613. The van der Waals surface area contributed by atoms with Crippen molar-refractivity contribution in [2.24, 2.45) is 0 Å². The van der Waals surface area contributed by atoms with Gasteiger partial charge in [0.05, 0.1) is 0 Å².